The standard InChI is InChI=1S/C19H26F3N7O2/c1-3-23-18(25-9-13-4-7-17(24-8-13)31-12-19(20,21)22)26-14-5-6-16-27-15(11-30-2)28-29(16)10-14/h4,7-8,14H,3,5-6,9-12H2,1-2H3,(H2,23,25,26). The summed E-state index contributed by atoms with van der Waals surface area (Å²) in [6, 6.07) is 3.19. The molecule has 2 aromatic heterocycles. The minimum absolute atomic E-state index is 0.0752. The first-order valence-electron chi connectivity index (χ1n) is 9.97. The van der Waals surface area contributed by atoms with Gasteiger partial charge in [-0.15, -0.1) is 0 Å². The fourth-order valence-electron chi connectivity index (χ4n) is 3.10. The second-order valence-electron chi connectivity index (χ2n) is 7.04. The minimum atomic E-state index is -4.39. The SMILES string of the molecule is CCNC(=NCc1ccc(OCC(F)(F)F)nc1)NC1CCc2nc(COC)nn2C1. The van der Waals surface area contributed by atoms with Gasteiger partial charge in [0.25, 0.3) is 0 Å². The highest BCUT2D eigenvalue weighted by Crippen LogP contribution is 2.17. The molecule has 2 aromatic rings. The van der Waals surface area contributed by atoms with E-state index in [0.29, 0.717) is 38.0 Å². The first kappa shape index (κ1) is 22.8. The van der Waals surface area contributed by atoms with E-state index in [1.165, 1.54) is 12.3 Å². The molecule has 31 heavy (non-hydrogen) atoms. The van der Waals surface area contributed by atoms with E-state index in [-0.39, 0.29) is 11.9 Å². The summed E-state index contributed by atoms with van der Waals surface area (Å²) in [7, 11) is 1.61. The molecule has 1 unspecified atom stereocenters. The predicted molar refractivity (Wildman–Crippen MR) is 107 cm³/mol. The summed E-state index contributed by atoms with van der Waals surface area (Å²) in [5.41, 5.74) is 0.753. The minimum Gasteiger partial charge on any atom is -0.468 e. The molecular formula is C19H26F3N7O2. The molecule has 0 fully saturated rings. The van der Waals surface area contributed by atoms with E-state index < -0.39 is 12.8 Å². The van der Waals surface area contributed by atoms with Gasteiger partial charge in [0.15, 0.2) is 18.4 Å². The molecule has 0 amide bonds. The topological polar surface area (TPSA) is 98.5 Å². The molecule has 0 saturated carbocycles. The predicted octanol–water partition coefficient (Wildman–Crippen LogP) is 1.83. The zero-order chi connectivity index (χ0) is 22.3. The third-order valence-electron chi connectivity index (χ3n) is 4.46. The Morgan fingerprint density at radius 2 is 2.19 bits per heavy atom. The third-order valence-corrected chi connectivity index (χ3v) is 4.46. The number of hydrogen-bond acceptors (Lipinski definition) is 6. The Kier molecular flexibility index (Phi) is 7.66. The van der Waals surface area contributed by atoms with Crippen molar-refractivity contribution in [3.05, 3.63) is 35.5 Å². The maximum absolute atomic E-state index is 12.2. The molecule has 0 spiro atoms. The Labute approximate surface area is 178 Å². The van der Waals surface area contributed by atoms with E-state index in [4.69, 9.17) is 4.74 Å². The van der Waals surface area contributed by atoms with Crippen LogP contribution in [0, 0.1) is 0 Å². The molecule has 12 heteroatoms. The molecule has 1 aliphatic heterocycles. The summed E-state index contributed by atoms with van der Waals surface area (Å²) in [6.07, 6.45) is -1.24. The maximum Gasteiger partial charge on any atom is 0.422 e. The quantitative estimate of drug-likeness (QED) is 0.476. The van der Waals surface area contributed by atoms with Crippen LogP contribution in [-0.2, 0) is 30.9 Å². The average molecular weight is 441 g/mol. The third kappa shape index (κ3) is 7.09. The number of hydrogen-bond donors (Lipinski definition) is 2. The number of methoxy groups -OCH3 is 1. The first-order valence-corrected chi connectivity index (χ1v) is 9.97. The van der Waals surface area contributed by atoms with Crippen molar-refractivity contribution in [1.82, 2.24) is 30.4 Å². The van der Waals surface area contributed by atoms with Crippen molar-refractivity contribution in [3.63, 3.8) is 0 Å². The molecule has 2 N–H and O–H groups in total. The van der Waals surface area contributed by atoms with Gasteiger partial charge in [-0.05, 0) is 18.9 Å². The number of guanidine groups is 1. The number of ether oxygens (including phenoxy) is 2. The van der Waals surface area contributed by atoms with Crippen LogP contribution in [0.3, 0.4) is 0 Å². The Hall–Kier alpha value is -2.89. The number of alkyl halides is 3. The molecule has 3 rings (SSSR count). The van der Waals surface area contributed by atoms with E-state index in [0.717, 1.165) is 24.2 Å². The highest BCUT2D eigenvalue weighted by Gasteiger charge is 2.28. The number of rotatable bonds is 8. The van der Waals surface area contributed by atoms with E-state index in [1.807, 2.05) is 11.6 Å². The van der Waals surface area contributed by atoms with Gasteiger partial charge in [0.05, 0.1) is 13.1 Å². The van der Waals surface area contributed by atoms with Crippen LogP contribution < -0.4 is 15.4 Å². The molecule has 0 aromatic carbocycles. The normalized spacial score (nSPS) is 16.7. The first-order chi connectivity index (χ1) is 14.9. The highest BCUT2D eigenvalue weighted by atomic mass is 19.4. The number of pyridine rings is 1. The Balaban J connectivity index is 1.56. The zero-order valence-electron chi connectivity index (χ0n) is 17.4. The summed E-state index contributed by atoms with van der Waals surface area (Å²) in [6.45, 7) is 2.67. The van der Waals surface area contributed by atoms with Crippen molar-refractivity contribution in [2.75, 3.05) is 20.3 Å². The summed E-state index contributed by atoms with van der Waals surface area (Å²) in [5.74, 6) is 2.19. The molecule has 0 radical (unpaired) electrons. The van der Waals surface area contributed by atoms with Gasteiger partial charge in [-0.2, -0.15) is 18.3 Å². The average Bonchev–Trinajstić information content (AvgIpc) is 3.13. The van der Waals surface area contributed by atoms with Gasteiger partial charge in [0.2, 0.25) is 5.88 Å². The van der Waals surface area contributed by atoms with Crippen molar-refractivity contribution in [1.29, 1.82) is 0 Å². The van der Waals surface area contributed by atoms with E-state index in [1.54, 1.807) is 13.2 Å². The Morgan fingerprint density at radius 1 is 1.35 bits per heavy atom. The molecule has 1 aliphatic rings. The molecule has 0 aliphatic carbocycles. The van der Waals surface area contributed by atoms with Crippen LogP contribution >= 0.6 is 0 Å². The van der Waals surface area contributed by atoms with E-state index in [2.05, 4.69) is 35.4 Å². The van der Waals surface area contributed by atoms with Gasteiger partial charge in [0.1, 0.15) is 12.4 Å². The Morgan fingerprint density at radius 3 is 2.87 bits per heavy atom. The van der Waals surface area contributed by atoms with Crippen molar-refractivity contribution in [2.45, 2.75) is 51.7 Å². The van der Waals surface area contributed by atoms with Crippen molar-refractivity contribution < 1.29 is 22.6 Å². The number of aryl methyl sites for hydroxylation is 1. The van der Waals surface area contributed by atoms with Crippen LogP contribution in [0.15, 0.2) is 23.3 Å². The molecule has 3 heterocycles. The monoisotopic (exact) mass is 441 g/mol. The molecule has 1 atom stereocenters. The van der Waals surface area contributed by atoms with Gasteiger partial charge < -0.3 is 20.1 Å². The number of fused-ring (bicyclic) bond motifs is 1. The zero-order valence-corrected chi connectivity index (χ0v) is 17.4. The lowest BCUT2D eigenvalue weighted by molar-refractivity contribution is -0.154. The van der Waals surface area contributed by atoms with Crippen LogP contribution in [0.5, 0.6) is 5.88 Å². The molecular weight excluding hydrogens is 415 g/mol. The molecule has 0 saturated heterocycles. The Bertz CT molecular complexity index is 868. The summed E-state index contributed by atoms with van der Waals surface area (Å²) in [4.78, 5) is 12.9. The lowest BCUT2D eigenvalue weighted by Gasteiger charge is -2.25. The molecule has 9 nitrogen and oxygen atoms in total. The van der Waals surface area contributed by atoms with Gasteiger partial charge in [-0.3, -0.25) is 0 Å². The van der Waals surface area contributed by atoms with Gasteiger partial charge in [0, 0.05) is 38.4 Å². The highest BCUT2D eigenvalue weighted by molar-refractivity contribution is 5.80. The summed E-state index contributed by atoms with van der Waals surface area (Å²) < 4.78 is 48.2. The largest absolute Gasteiger partial charge is 0.468 e. The van der Waals surface area contributed by atoms with Crippen LogP contribution in [0.2, 0.25) is 0 Å². The fraction of sp³-hybridized carbons (Fsp3) is 0.579. The summed E-state index contributed by atoms with van der Waals surface area (Å²) >= 11 is 0. The fourth-order valence-corrected chi connectivity index (χ4v) is 3.10. The number of nitrogens with one attached hydrogen (secondary N) is 2. The van der Waals surface area contributed by atoms with E-state index in [9.17, 15) is 13.2 Å². The lowest BCUT2D eigenvalue weighted by Crippen LogP contribution is -2.47. The van der Waals surface area contributed by atoms with Crippen molar-refractivity contribution >= 4 is 5.96 Å². The number of aromatic nitrogens is 4. The summed E-state index contributed by atoms with van der Waals surface area (Å²) in [5, 5.41) is 11.1. The van der Waals surface area contributed by atoms with Gasteiger partial charge in [-0.25, -0.2) is 19.6 Å². The molecule has 170 valence electrons. The van der Waals surface area contributed by atoms with Crippen LogP contribution in [0.1, 0.15) is 30.6 Å². The number of aliphatic imine (C=N–C) groups is 1. The number of halogens is 3. The second-order valence-corrected chi connectivity index (χ2v) is 7.04. The van der Waals surface area contributed by atoms with Crippen molar-refractivity contribution in [2.24, 2.45) is 4.99 Å². The van der Waals surface area contributed by atoms with Gasteiger partial charge >= 0.3 is 6.18 Å². The van der Waals surface area contributed by atoms with Gasteiger partial charge in [-0.1, -0.05) is 6.07 Å². The second kappa shape index (κ2) is 10.4. The molecule has 0 bridgehead atoms. The smallest absolute Gasteiger partial charge is 0.422 e. The lowest BCUT2D eigenvalue weighted by atomic mass is 10.1. The van der Waals surface area contributed by atoms with Crippen LogP contribution in [-0.4, -0.2) is 58.2 Å². The van der Waals surface area contributed by atoms with E-state index >= 15 is 0 Å². The van der Waals surface area contributed by atoms with Crippen LogP contribution in [0.4, 0.5) is 13.2 Å². The maximum atomic E-state index is 12.2. The number of nitrogens with zero attached hydrogens (tertiary/aromatic N) is 5. The van der Waals surface area contributed by atoms with Crippen LogP contribution in [0.25, 0.3) is 0 Å². The van der Waals surface area contributed by atoms with Crippen molar-refractivity contribution in [3.8, 4) is 5.88 Å².